The number of alkyl halides is 1. The van der Waals surface area contributed by atoms with E-state index in [4.69, 9.17) is 23.2 Å². The standard InChI is InChI=1S/C9H9BrCl2N2O/c10-3-4-13-9(15)14-8-2-1-6(11)5-7(8)12/h1-2,5H,3-4H2,(H2,13,14,15). The molecule has 6 heteroatoms. The van der Waals surface area contributed by atoms with E-state index in [0.29, 0.717) is 27.6 Å². The lowest BCUT2D eigenvalue weighted by Gasteiger charge is -2.07. The van der Waals surface area contributed by atoms with E-state index in [1.54, 1.807) is 18.2 Å². The highest BCUT2D eigenvalue weighted by atomic mass is 79.9. The molecule has 0 bridgehead atoms. The van der Waals surface area contributed by atoms with Crippen LogP contribution in [-0.2, 0) is 0 Å². The number of carbonyl (C=O) groups is 1. The largest absolute Gasteiger partial charge is 0.337 e. The molecule has 0 saturated carbocycles. The van der Waals surface area contributed by atoms with E-state index in [2.05, 4.69) is 26.6 Å². The number of anilines is 1. The highest BCUT2D eigenvalue weighted by Gasteiger charge is 2.04. The Morgan fingerprint density at radius 2 is 2.13 bits per heavy atom. The summed E-state index contributed by atoms with van der Waals surface area (Å²) in [6.07, 6.45) is 0. The van der Waals surface area contributed by atoms with Crippen molar-refractivity contribution in [3.05, 3.63) is 28.2 Å². The van der Waals surface area contributed by atoms with E-state index in [9.17, 15) is 4.79 Å². The summed E-state index contributed by atoms with van der Waals surface area (Å²) in [5.74, 6) is 0. The zero-order chi connectivity index (χ0) is 11.3. The fraction of sp³-hybridized carbons (Fsp3) is 0.222. The predicted molar refractivity (Wildman–Crippen MR) is 67.3 cm³/mol. The van der Waals surface area contributed by atoms with E-state index in [1.165, 1.54) is 0 Å². The Morgan fingerprint density at radius 1 is 1.40 bits per heavy atom. The molecule has 15 heavy (non-hydrogen) atoms. The minimum atomic E-state index is -0.293. The average Bonchev–Trinajstić information content (AvgIpc) is 2.19. The van der Waals surface area contributed by atoms with E-state index in [0.717, 1.165) is 0 Å². The molecular weight excluding hydrogens is 303 g/mol. The number of hydrogen-bond donors (Lipinski definition) is 2. The molecule has 0 heterocycles. The first kappa shape index (κ1) is 12.6. The topological polar surface area (TPSA) is 41.1 Å². The Bertz CT molecular complexity index is 360. The molecule has 0 spiro atoms. The molecule has 82 valence electrons. The van der Waals surface area contributed by atoms with Gasteiger partial charge in [0.05, 0.1) is 10.7 Å². The van der Waals surface area contributed by atoms with Crippen molar-refractivity contribution in [2.45, 2.75) is 0 Å². The molecule has 0 atom stereocenters. The van der Waals surface area contributed by atoms with Crippen LogP contribution in [0.15, 0.2) is 18.2 Å². The number of halogens is 3. The molecule has 3 nitrogen and oxygen atoms in total. The second kappa shape index (κ2) is 6.20. The van der Waals surface area contributed by atoms with Gasteiger partial charge < -0.3 is 10.6 Å². The number of hydrogen-bond acceptors (Lipinski definition) is 1. The van der Waals surface area contributed by atoms with Gasteiger partial charge >= 0.3 is 6.03 Å². The molecule has 0 aliphatic heterocycles. The van der Waals surface area contributed by atoms with Crippen LogP contribution in [-0.4, -0.2) is 17.9 Å². The predicted octanol–water partition coefficient (Wildman–Crippen LogP) is 3.51. The fourth-order valence-corrected chi connectivity index (χ4v) is 1.57. The average molecular weight is 312 g/mol. The van der Waals surface area contributed by atoms with Gasteiger partial charge in [-0.05, 0) is 18.2 Å². The molecule has 2 N–H and O–H groups in total. The molecule has 1 rings (SSSR count). The summed E-state index contributed by atoms with van der Waals surface area (Å²) in [4.78, 5) is 11.3. The lowest BCUT2D eigenvalue weighted by Crippen LogP contribution is -2.30. The number of rotatable bonds is 3. The number of urea groups is 1. The second-order valence-electron chi connectivity index (χ2n) is 2.69. The van der Waals surface area contributed by atoms with Crippen LogP contribution in [0.25, 0.3) is 0 Å². The molecule has 0 radical (unpaired) electrons. The normalized spacial score (nSPS) is 9.80. The molecule has 0 saturated heterocycles. The lowest BCUT2D eigenvalue weighted by atomic mass is 10.3. The first-order chi connectivity index (χ1) is 7.13. The summed E-state index contributed by atoms with van der Waals surface area (Å²) in [6.45, 7) is 0.553. The van der Waals surface area contributed by atoms with Gasteiger partial charge in [-0.3, -0.25) is 0 Å². The molecule has 2 amide bonds. The first-order valence-electron chi connectivity index (χ1n) is 4.19. The van der Waals surface area contributed by atoms with Crippen molar-refractivity contribution in [1.82, 2.24) is 5.32 Å². The maximum atomic E-state index is 11.3. The van der Waals surface area contributed by atoms with Crippen molar-refractivity contribution in [3.8, 4) is 0 Å². The summed E-state index contributed by atoms with van der Waals surface area (Å²) < 4.78 is 0. The van der Waals surface area contributed by atoms with Crippen LogP contribution in [0.5, 0.6) is 0 Å². The van der Waals surface area contributed by atoms with Crippen LogP contribution in [0.1, 0.15) is 0 Å². The molecule has 0 unspecified atom stereocenters. The third-order valence-electron chi connectivity index (χ3n) is 1.56. The van der Waals surface area contributed by atoms with Crippen LogP contribution in [0.2, 0.25) is 10.0 Å². The highest BCUT2D eigenvalue weighted by molar-refractivity contribution is 9.09. The third kappa shape index (κ3) is 4.28. The number of nitrogens with one attached hydrogen (secondary N) is 2. The molecular formula is C9H9BrCl2N2O. The molecule has 1 aromatic carbocycles. The second-order valence-corrected chi connectivity index (χ2v) is 4.33. The van der Waals surface area contributed by atoms with Gasteiger partial charge in [0, 0.05) is 16.9 Å². The maximum Gasteiger partial charge on any atom is 0.319 e. The zero-order valence-electron chi connectivity index (χ0n) is 7.69. The Kier molecular flexibility index (Phi) is 5.22. The number of benzene rings is 1. The minimum absolute atomic E-state index is 0.293. The summed E-state index contributed by atoms with van der Waals surface area (Å²) in [6, 6.07) is 4.59. The van der Waals surface area contributed by atoms with Gasteiger partial charge in [-0.25, -0.2) is 4.79 Å². The van der Waals surface area contributed by atoms with Crippen LogP contribution in [0.3, 0.4) is 0 Å². The van der Waals surface area contributed by atoms with Crippen molar-refractivity contribution in [3.63, 3.8) is 0 Å². The monoisotopic (exact) mass is 310 g/mol. The van der Waals surface area contributed by atoms with Gasteiger partial charge in [-0.2, -0.15) is 0 Å². The van der Waals surface area contributed by atoms with Gasteiger partial charge in [0.2, 0.25) is 0 Å². The van der Waals surface area contributed by atoms with Gasteiger partial charge in [0.25, 0.3) is 0 Å². The summed E-state index contributed by atoms with van der Waals surface area (Å²) in [5.41, 5.74) is 0.535. The summed E-state index contributed by atoms with van der Waals surface area (Å²) in [5, 5.41) is 6.90. The van der Waals surface area contributed by atoms with Crippen molar-refractivity contribution in [1.29, 1.82) is 0 Å². The quantitative estimate of drug-likeness (QED) is 0.824. The van der Waals surface area contributed by atoms with E-state index in [1.807, 2.05) is 0 Å². The smallest absolute Gasteiger partial charge is 0.319 e. The number of amides is 2. The first-order valence-corrected chi connectivity index (χ1v) is 6.07. The van der Waals surface area contributed by atoms with Crippen molar-refractivity contribution >= 4 is 50.9 Å². The number of carbonyl (C=O) groups excluding carboxylic acids is 1. The SMILES string of the molecule is O=C(NCCBr)Nc1ccc(Cl)cc1Cl. The van der Waals surface area contributed by atoms with Crippen LogP contribution < -0.4 is 10.6 Å². The van der Waals surface area contributed by atoms with Gasteiger partial charge in [-0.15, -0.1) is 0 Å². The lowest BCUT2D eigenvalue weighted by molar-refractivity contribution is 0.252. The Morgan fingerprint density at radius 3 is 2.73 bits per heavy atom. The summed E-state index contributed by atoms with van der Waals surface area (Å²) >= 11 is 14.8. The van der Waals surface area contributed by atoms with E-state index in [-0.39, 0.29) is 6.03 Å². The molecule has 0 fully saturated rings. The molecule has 0 aliphatic carbocycles. The van der Waals surface area contributed by atoms with Gasteiger partial charge in [0.1, 0.15) is 0 Å². The van der Waals surface area contributed by atoms with Crippen LogP contribution in [0, 0.1) is 0 Å². The highest BCUT2D eigenvalue weighted by Crippen LogP contribution is 2.25. The molecule has 0 aromatic heterocycles. The molecule has 0 aliphatic rings. The van der Waals surface area contributed by atoms with Crippen LogP contribution in [0.4, 0.5) is 10.5 Å². The Labute approximate surface area is 106 Å². The van der Waals surface area contributed by atoms with Crippen molar-refractivity contribution in [2.24, 2.45) is 0 Å². The Balaban J connectivity index is 2.60. The van der Waals surface area contributed by atoms with Crippen molar-refractivity contribution in [2.75, 3.05) is 17.2 Å². The van der Waals surface area contributed by atoms with Crippen LogP contribution >= 0.6 is 39.1 Å². The third-order valence-corrected chi connectivity index (χ3v) is 2.50. The van der Waals surface area contributed by atoms with Gasteiger partial charge in [-0.1, -0.05) is 39.1 Å². The van der Waals surface area contributed by atoms with E-state index >= 15 is 0 Å². The van der Waals surface area contributed by atoms with Gasteiger partial charge in [0.15, 0.2) is 0 Å². The van der Waals surface area contributed by atoms with E-state index < -0.39 is 0 Å². The maximum absolute atomic E-state index is 11.3. The zero-order valence-corrected chi connectivity index (χ0v) is 10.8. The summed E-state index contributed by atoms with van der Waals surface area (Å²) in [7, 11) is 0. The minimum Gasteiger partial charge on any atom is -0.337 e. The molecule has 1 aromatic rings. The fourth-order valence-electron chi connectivity index (χ4n) is 0.918. The van der Waals surface area contributed by atoms with Crippen molar-refractivity contribution < 1.29 is 4.79 Å². The Hall–Kier alpha value is -0.450.